The zero-order valence-electron chi connectivity index (χ0n) is 21.5. The van der Waals surface area contributed by atoms with Gasteiger partial charge in [0.2, 0.25) is 5.78 Å². The summed E-state index contributed by atoms with van der Waals surface area (Å²) in [6.45, 7) is 1.58. The van der Waals surface area contributed by atoms with E-state index in [0.29, 0.717) is 5.56 Å². The van der Waals surface area contributed by atoms with Crippen LogP contribution in [0.25, 0.3) is 0 Å². The minimum Gasteiger partial charge on any atom is -0.511 e. The summed E-state index contributed by atoms with van der Waals surface area (Å²) in [4.78, 5) is 63.0. The van der Waals surface area contributed by atoms with Crippen molar-refractivity contribution in [3.63, 3.8) is 0 Å². The van der Waals surface area contributed by atoms with Gasteiger partial charge in [0.05, 0.1) is 10.5 Å². The van der Waals surface area contributed by atoms with E-state index < -0.39 is 98.5 Å². The number of carbonyl (C=O) groups is 4. The Hall–Kier alpha value is -4.95. The molecule has 2 amide bonds. The van der Waals surface area contributed by atoms with Gasteiger partial charge in [0.1, 0.15) is 34.6 Å². The van der Waals surface area contributed by atoms with E-state index in [1.54, 1.807) is 6.92 Å². The van der Waals surface area contributed by atoms with E-state index in [-0.39, 0.29) is 16.3 Å². The second-order valence-corrected chi connectivity index (χ2v) is 10.6. The van der Waals surface area contributed by atoms with Crippen LogP contribution in [0.15, 0.2) is 59.1 Å². The standard InChI is InChI=1S/C27H22ClN3O11/c1-9-11-3-2-4-15(32)18(11)21(34)20-17(9)22(42-26(38)30-13-6-5-10(28)7-14(13)31(40)41)12-8-16(33)19(25(29)37)23(35)27(12,39)24(20)36/h2-7,9,12,17,22,32-33,36,39H,8H2,1H3,(H2,29,37)(H,30,38)/t9-,12+,17+,22+,27+/m0/s1. The van der Waals surface area contributed by atoms with E-state index in [1.807, 2.05) is 0 Å². The number of nitrogens with two attached hydrogens (primary N) is 1. The number of nitro groups is 1. The number of phenolic OH excluding ortho intramolecular Hbond substituents is 1. The Kier molecular flexibility index (Phi) is 6.70. The van der Waals surface area contributed by atoms with Crippen LogP contribution in [0.2, 0.25) is 5.02 Å². The predicted octanol–water partition coefficient (Wildman–Crippen LogP) is 2.93. The van der Waals surface area contributed by atoms with Gasteiger partial charge in [0.25, 0.3) is 11.6 Å². The van der Waals surface area contributed by atoms with Crippen LogP contribution >= 0.6 is 11.6 Å². The number of anilines is 1. The van der Waals surface area contributed by atoms with Gasteiger partial charge >= 0.3 is 6.09 Å². The Morgan fingerprint density at radius 3 is 2.52 bits per heavy atom. The third-order valence-electron chi connectivity index (χ3n) is 7.97. The van der Waals surface area contributed by atoms with Crippen LogP contribution in [0.1, 0.15) is 35.2 Å². The molecule has 218 valence electrons. The number of Topliss-reactive ketones (excluding diaryl/α,β-unsaturated/α-hetero) is 2. The van der Waals surface area contributed by atoms with Crippen molar-refractivity contribution in [3.05, 3.63) is 85.3 Å². The first kappa shape index (κ1) is 28.6. The molecular formula is C27H22ClN3O11. The van der Waals surface area contributed by atoms with Crippen molar-refractivity contribution >= 4 is 46.5 Å². The molecule has 0 bridgehead atoms. The number of hydrogen-bond donors (Lipinski definition) is 6. The Morgan fingerprint density at radius 1 is 1.19 bits per heavy atom. The van der Waals surface area contributed by atoms with Gasteiger partial charge < -0.3 is 30.9 Å². The maximum absolute atomic E-state index is 13.7. The Balaban J connectivity index is 1.67. The summed E-state index contributed by atoms with van der Waals surface area (Å²) < 4.78 is 5.64. The van der Waals surface area contributed by atoms with Crippen molar-refractivity contribution in [2.45, 2.75) is 31.0 Å². The first-order chi connectivity index (χ1) is 19.7. The highest BCUT2D eigenvalue weighted by Crippen LogP contribution is 2.55. The number of nitro benzene ring substituents is 1. The van der Waals surface area contributed by atoms with E-state index in [2.05, 4.69) is 5.32 Å². The lowest BCUT2D eigenvalue weighted by Crippen LogP contribution is -2.63. The fourth-order valence-corrected chi connectivity index (χ4v) is 6.27. The Bertz CT molecular complexity index is 1680. The van der Waals surface area contributed by atoms with Crippen LogP contribution in [-0.4, -0.2) is 60.6 Å². The average Bonchev–Trinajstić information content (AvgIpc) is 2.91. The zero-order valence-corrected chi connectivity index (χ0v) is 22.3. The normalized spacial score (nSPS) is 26.6. The lowest BCUT2D eigenvalue weighted by Gasteiger charge is -2.50. The number of phenols is 1. The van der Waals surface area contributed by atoms with Crippen LogP contribution < -0.4 is 11.1 Å². The number of aliphatic hydroxyl groups is 3. The molecule has 5 rings (SSSR count). The molecule has 5 atom stereocenters. The second kappa shape index (κ2) is 9.85. The molecule has 7 N–H and O–H groups in total. The summed E-state index contributed by atoms with van der Waals surface area (Å²) in [5.74, 6) is -10.1. The SMILES string of the molecule is C[C@H]1c2cccc(O)c2C(=O)C2=C(O)[C@]3(O)C(=O)C(C(N)=O)=C(O)C[C@@H]3[C@@H](OC(=O)Nc3ccc(Cl)cc3[N+](=O)[O-])[C@@H]21. The van der Waals surface area contributed by atoms with Gasteiger partial charge in [-0.25, -0.2) is 4.79 Å². The third-order valence-corrected chi connectivity index (χ3v) is 8.21. The smallest absolute Gasteiger partial charge is 0.412 e. The lowest BCUT2D eigenvalue weighted by molar-refractivity contribution is -0.383. The van der Waals surface area contributed by atoms with E-state index >= 15 is 0 Å². The van der Waals surface area contributed by atoms with Crippen molar-refractivity contribution in [1.29, 1.82) is 0 Å². The third kappa shape index (κ3) is 4.06. The minimum absolute atomic E-state index is 0.00733. The van der Waals surface area contributed by atoms with Crippen molar-refractivity contribution in [2.75, 3.05) is 5.32 Å². The highest BCUT2D eigenvalue weighted by molar-refractivity contribution is 6.31. The molecule has 0 radical (unpaired) electrons. The van der Waals surface area contributed by atoms with Crippen molar-refractivity contribution < 1.29 is 49.3 Å². The number of nitrogens with zero attached hydrogens (tertiary/aromatic N) is 1. The molecule has 3 aliphatic carbocycles. The molecule has 0 fully saturated rings. The molecule has 0 saturated carbocycles. The number of fused-ring (bicyclic) bond motifs is 3. The number of primary amides is 1. The van der Waals surface area contributed by atoms with Crippen molar-refractivity contribution in [1.82, 2.24) is 0 Å². The summed E-state index contributed by atoms with van der Waals surface area (Å²) in [6, 6.07) is 7.59. The number of allylic oxidation sites excluding steroid dienone is 1. The summed E-state index contributed by atoms with van der Waals surface area (Å²) in [5, 5.41) is 57.8. The number of rotatable bonds is 4. The van der Waals surface area contributed by atoms with Gasteiger partial charge in [0.15, 0.2) is 11.4 Å². The zero-order chi connectivity index (χ0) is 30.8. The van der Waals surface area contributed by atoms with Gasteiger partial charge in [-0.1, -0.05) is 30.7 Å². The van der Waals surface area contributed by atoms with Crippen LogP contribution in [0, 0.1) is 22.0 Å². The summed E-state index contributed by atoms with van der Waals surface area (Å²) in [5.41, 5.74) is -0.217. The summed E-state index contributed by atoms with van der Waals surface area (Å²) in [7, 11) is 0. The van der Waals surface area contributed by atoms with E-state index in [4.69, 9.17) is 22.1 Å². The molecule has 2 aromatic rings. The van der Waals surface area contributed by atoms with Crippen LogP contribution in [0.4, 0.5) is 16.2 Å². The lowest BCUT2D eigenvalue weighted by atomic mass is 9.56. The van der Waals surface area contributed by atoms with E-state index in [0.717, 1.165) is 12.1 Å². The number of benzene rings is 2. The van der Waals surface area contributed by atoms with Crippen LogP contribution in [0.3, 0.4) is 0 Å². The topological polar surface area (TPSA) is 240 Å². The molecular weight excluding hydrogens is 578 g/mol. The highest BCUT2D eigenvalue weighted by Gasteiger charge is 2.65. The molecule has 0 saturated heterocycles. The fourth-order valence-electron chi connectivity index (χ4n) is 6.10. The average molecular weight is 600 g/mol. The monoisotopic (exact) mass is 599 g/mol. The number of aromatic hydroxyl groups is 1. The number of amides is 2. The van der Waals surface area contributed by atoms with Gasteiger partial charge in [-0.2, -0.15) is 0 Å². The Labute approximate surface area is 240 Å². The number of hydrogen-bond acceptors (Lipinski definition) is 11. The first-order valence-electron chi connectivity index (χ1n) is 12.4. The maximum Gasteiger partial charge on any atom is 0.412 e. The number of ketones is 2. The van der Waals surface area contributed by atoms with Crippen LogP contribution in [-0.2, 0) is 14.3 Å². The molecule has 0 aromatic heterocycles. The van der Waals surface area contributed by atoms with E-state index in [9.17, 15) is 49.7 Å². The summed E-state index contributed by atoms with van der Waals surface area (Å²) in [6.07, 6.45) is -3.66. The molecule has 42 heavy (non-hydrogen) atoms. The predicted molar refractivity (Wildman–Crippen MR) is 143 cm³/mol. The molecule has 0 spiro atoms. The molecule has 0 unspecified atom stereocenters. The first-order valence-corrected chi connectivity index (χ1v) is 12.8. The van der Waals surface area contributed by atoms with E-state index in [1.165, 1.54) is 24.3 Å². The molecule has 2 aromatic carbocycles. The molecule has 0 aliphatic heterocycles. The van der Waals surface area contributed by atoms with Gasteiger partial charge in [-0.05, 0) is 29.7 Å². The van der Waals surface area contributed by atoms with Crippen molar-refractivity contribution in [2.24, 2.45) is 17.6 Å². The van der Waals surface area contributed by atoms with Crippen LogP contribution in [0.5, 0.6) is 5.75 Å². The largest absolute Gasteiger partial charge is 0.511 e. The highest BCUT2D eigenvalue weighted by atomic mass is 35.5. The van der Waals surface area contributed by atoms with Gasteiger partial charge in [-0.3, -0.25) is 29.8 Å². The number of nitrogens with one attached hydrogen (secondary N) is 1. The molecule has 0 heterocycles. The number of carbonyl (C=O) groups excluding carboxylic acids is 4. The molecule has 3 aliphatic rings. The van der Waals surface area contributed by atoms with Gasteiger partial charge in [0, 0.05) is 34.9 Å². The molecule has 14 nitrogen and oxygen atoms in total. The second-order valence-electron chi connectivity index (χ2n) is 10.2. The maximum atomic E-state index is 13.7. The summed E-state index contributed by atoms with van der Waals surface area (Å²) >= 11 is 5.83. The number of halogens is 1. The quantitative estimate of drug-likeness (QED) is 0.169. The van der Waals surface area contributed by atoms with Crippen molar-refractivity contribution in [3.8, 4) is 5.75 Å². The molecule has 15 heteroatoms. The fraction of sp³-hybridized carbons (Fsp3) is 0.259. The van der Waals surface area contributed by atoms with Gasteiger partial charge in [-0.15, -0.1) is 0 Å². The minimum atomic E-state index is -3.06. The number of aliphatic hydroxyl groups excluding tert-OH is 2. The number of ether oxygens (including phenoxy) is 1. The Morgan fingerprint density at radius 2 is 1.88 bits per heavy atom.